The topological polar surface area (TPSA) is 127 Å². The molecular weight excluding hydrogens is 350 g/mol. The van der Waals surface area contributed by atoms with Crippen molar-refractivity contribution in [3.8, 4) is 0 Å². The number of nitro groups is 1. The molecule has 9 heteroatoms. The van der Waals surface area contributed by atoms with Crippen molar-refractivity contribution in [2.75, 3.05) is 0 Å². The number of rotatable bonds is 3. The lowest BCUT2D eigenvalue weighted by Gasteiger charge is -2.09. The van der Waals surface area contributed by atoms with Crippen molar-refractivity contribution in [2.45, 2.75) is 13.8 Å². The number of nitrogens with one attached hydrogen (secondary N) is 2. The molecule has 1 aromatic heterocycles. The third-order valence-corrected chi connectivity index (χ3v) is 3.97. The number of para-hydroxylation sites is 1. The van der Waals surface area contributed by atoms with E-state index in [1.807, 2.05) is 13.8 Å². The summed E-state index contributed by atoms with van der Waals surface area (Å²) in [4.78, 5) is 43.5. The molecular formula is C18H15N5O4. The Morgan fingerprint density at radius 1 is 0.926 bits per heavy atom. The Labute approximate surface area is 153 Å². The van der Waals surface area contributed by atoms with Crippen LogP contribution in [0.3, 0.4) is 0 Å². The summed E-state index contributed by atoms with van der Waals surface area (Å²) in [5, 5.41) is 11.0. The number of carbonyl (C=O) groups excluding carboxylic acids is 2. The molecule has 1 heterocycles. The smallest absolute Gasteiger partial charge is 0.267 e. The minimum atomic E-state index is -0.789. The number of benzene rings is 2. The Hall–Kier alpha value is -3.88. The normalized spacial score (nSPS) is 10.4. The SMILES string of the molecule is Cc1nc2ccc(C(=O)NNC(=O)c3ccccc3[N+](=O)[O-])cc2nc1C. The van der Waals surface area contributed by atoms with Gasteiger partial charge >= 0.3 is 0 Å². The summed E-state index contributed by atoms with van der Waals surface area (Å²) < 4.78 is 0. The second-order valence-corrected chi connectivity index (χ2v) is 5.78. The molecule has 2 amide bonds. The summed E-state index contributed by atoms with van der Waals surface area (Å²) in [6.45, 7) is 3.67. The number of hydrogen-bond donors (Lipinski definition) is 2. The highest BCUT2D eigenvalue weighted by atomic mass is 16.6. The maximum atomic E-state index is 12.3. The van der Waals surface area contributed by atoms with Crippen LogP contribution in [0.5, 0.6) is 0 Å². The van der Waals surface area contributed by atoms with Crippen molar-refractivity contribution in [3.05, 3.63) is 75.1 Å². The first-order valence-corrected chi connectivity index (χ1v) is 7.96. The van der Waals surface area contributed by atoms with Gasteiger partial charge in [0.15, 0.2) is 0 Å². The van der Waals surface area contributed by atoms with Crippen molar-refractivity contribution in [1.82, 2.24) is 20.8 Å². The molecule has 0 aliphatic rings. The van der Waals surface area contributed by atoms with E-state index in [4.69, 9.17) is 0 Å². The highest BCUT2D eigenvalue weighted by Crippen LogP contribution is 2.17. The van der Waals surface area contributed by atoms with Gasteiger partial charge in [0, 0.05) is 11.6 Å². The third kappa shape index (κ3) is 3.71. The minimum absolute atomic E-state index is 0.154. The van der Waals surface area contributed by atoms with Gasteiger partial charge in [-0.3, -0.25) is 30.6 Å². The van der Waals surface area contributed by atoms with E-state index in [9.17, 15) is 19.7 Å². The molecule has 0 spiro atoms. The van der Waals surface area contributed by atoms with Crippen molar-refractivity contribution >= 4 is 28.5 Å². The van der Waals surface area contributed by atoms with Crippen LogP contribution in [0.15, 0.2) is 42.5 Å². The fourth-order valence-electron chi connectivity index (χ4n) is 2.45. The quantitative estimate of drug-likeness (QED) is 0.541. The molecule has 27 heavy (non-hydrogen) atoms. The predicted molar refractivity (Wildman–Crippen MR) is 97.0 cm³/mol. The molecule has 0 unspecified atom stereocenters. The number of nitrogens with zero attached hydrogens (tertiary/aromatic N) is 3. The van der Waals surface area contributed by atoms with Gasteiger partial charge in [-0.25, -0.2) is 9.97 Å². The molecule has 3 rings (SSSR count). The Bertz CT molecular complexity index is 1080. The van der Waals surface area contributed by atoms with Gasteiger partial charge in [-0.1, -0.05) is 12.1 Å². The van der Waals surface area contributed by atoms with Gasteiger partial charge in [-0.2, -0.15) is 0 Å². The number of aryl methyl sites for hydroxylation is 2. The molecule has 0 atom stereocenters. The maximum absolute atomic E-state index is 12.3. The van der Waals surface area contributed by atoms with Crippen LogP contribution in [0, 0.1) is 24.0 Å². The molecule has 0 radical (unpaired) electrons. The maximum Gasteiger partial charge on any atom is 0.282 e. The van der Waals surface area contributed by atoms with Crippen LogP contribution in [0.25, 0.3) is 11.0 Å². The average Bonchev–Trinajstić information content (AvgIpc) is 2.66. The fraction of sp³-hybridized carbons (Fsp3) is 0.111. The average molecular weight is 365 g/mol. The first kappa shape index (κ1) is 17.9. The monoisotopic (exact) mass is 365 g/mol. The number of hydrogen-bond acceptors (Lipinski definition) is 6. The molecule has 0 aliphatic heterocycles. The lowest BCUT2D eigenvalue weighted by molar-refractivity contribution is -0.385. The zero-order valence-electron chi connectivity index (χ0n) is 14.5. The number of aromatic nitrogens is 2. The lowest BCUT2D eigenvalue weighted by Crippen LogP contribution is -2.41. The van der Waals surface area contributed by atoms with Crippen molar-refractivity contribution in [2.24, 2.45) is 0 Å². The van der Waals surface area contributed by atoms with E-state index in [0.29, 0.717) is 11.0 Å². The Morgan fingerprint density at radius 2 is 1.56 bits per heavy atom. The molecule has 0 fully saturated rings. The van der Waals surface area contributed by atoms with Gasteiger partial charge in [0.05, 0.1) is 27.3 Å². The molecule has 3 aromatic rings. The zero-order chi connectivity index (χ0) is 19.6. The summed E-state index contributed by atoms with van der Waals surface area (Å²) in [5.74, 6) is -1.37. The van der Waals surface area contributed by atoms with Crippen LogP contribution in [-0.2, 0) is 0 Å². The Balaban J connectivity index is 1.76. The molecule has 0 saturated carbocycles. The van der Waals surface area contributed by atoms with Crippen LogP contribution in [0.2, 0.25) is 0 Å². The van der Waals surface area contributed by atoms with Crippen molar-refractivity contribution in [1.29, 1.82) is 0 Å². The zero-order valence-corrected chi connectivity index (χ0v) is 14.5. The van der Waals surface area contributed by atoms with E-state index in [-0.39, 0.29) is 16.8 Å². The van der Waals surface area contributed by atoms with E-state index in [2.05, 4.69) is 20.8 Å². The van der Waals surface area contributed by atoms with Crippen LogP contribution in [-0.4, -0.2) is 26.7 Å². The number of nitro benzene ring substituents is 1. The molecule has 0 saturated heterocycles. The first-order valence-electron chi connectivity index (χ1n) is 7.96. The fourth-order valence-corrected chi connectivity index (χ4v) is 2.45. The van der Waals surface area contributed by atoms with Gasteiger partial charge in [0.1, 0.15) is 5.56 Å². The van der Waals surface area contributed by atoms with E-state index in [0.717, 1.165) is 11.4 Å². The Morgan fingerprint density at radius 3 is 2.26 bits per heavy atom. The standard InChI is InChI=1S/C18H15N5O4/c1-10-11(2)20-15-9-12(7-8-14(15)19-10)17(24)21-22-18(25)13-5-3-4-6-16(13)23(26)27/h3-9H,1-2H3,(H,21,24)(H,22,25). The van der Waals surface area contributed by atoms with E-state index in [1.165, 1.54) is 24.3 Å². The van der Waals surface area contributed by atoms with Crippen LogP contribution < -0.4 is 10.9 Å². The second kappa shape index (κ2) is 7.16. The van der Waals surface area contributed by atoms with Gasteiger partial charge in [0.2, 0.25) is 0 Å². The molecule has 2 N–H and O–H groups in total. The number of hydrazine groups is 1. The Kier molecular flexibility index (Phi) is 4.75. The highest BCUT2D eigenvalue weighted by molar-refractivity contribution is 6.02. The summed E-state index contributed by atoms with van der Waals surface area (Å²) in [6.07, 6.45) is 0. The van der Waals surface area contributed by atoms with Crippen LogP contribution in [0.1, 0.15) is 32.1 Å². The van der Waals surface area contributed by atoms with Gasteiger partial charge in [-0.15, -0.1) is 0 Å². The summed E-state index contributed by atoms with van der Waals surface area (Å²) in [6, 6.07) is 10.2. The molecule has 0 aliphatic carbocycles. The molecule has 9 nitrogen and oxygen atoms in total. The van der Waals surface area contributed by atoms with Crippen LogP contribution in [0.4, 0.5) is 5.69 Å². The van der Waals surface area contributed by atoms with E-state index >= 15 is 0 Å². The van der Waals surface area contributed by atoms with E-state index < -0.39 is 16.7 Å². The molecule has 0 bridgehead atoms. The highest BCUT2D eigenvalue weighted by Gasteiger charge is 2.19. The first-order chi connectivity index (χ1) is 12.9. The largest absolute Gasteiger partial charge is 0.282 e. The van der Waals surface area contributed by atoms with Gasteiger partial charge in [0.25, 0.3) is 17.5 Å². The number of carbonyl (C=O) groups is 2. The van der Waals surface area contributed by atoms with E-state index in [1.54, 1.807) is 18.2 Å². The number of fused-ring (bicyclic) bond motifs is 1. The summed E-state index contributed by atoms with van der Waals surface area (Å²) in [5.41, 5.74) is 6.95. The van der Waals surface area contributed by atoms with Gasteiger partial charge in [-0.05, 0) is 38.1 Å². The second-order valence-electron chi connectivity index (χ2n) is 5.78. The predicted octanol–water partition coefficient (Wildman–Crippen LogP) is 2.23. The summed E-state index contributed by atoms with van der Waals surface area (Å²) in [7, 11) is 0. The van der Waals surface area contributed by atoms with Crippen molar-refractivity contribution in [3.63, 3.8) is 0 Å². The molecule has 2 aromatic carbocycles. The molecule has 136 valence electrons. The minimum Gasteiger partial charge on any atom is -0.267 e. The van der Waals surface area contributed by atoms with Gasteiger partial charge < -0.3 is 0 Å². The summed E-state index contributed by atoms with van der Waals surface area (Å²) >= 11 is 0. The lowest BCUT2D eigenvalue weighted by atomic mass is 10.1. The third-order valence-electron chi connectivity index (χ3n) is 3.97. The van der Waals surface area contributed by atoms with Crippen molar-refractivity contribution < 1.29 is 14.5 Å². The van der Waals surface area contributed by atoms with Crippen LogP contribution >= 0.6 is 0 Å². The number of amides is 2.